The summed E-state index contributed by atoms with van der Waals surface area (Å²) in [6.45, 7) is 4.81. The zero-order valence-corrected chi connectivity index (χ0v) is 14.8. The summed E-state index contributed by atoms with van der Waals surface area (Å²) >= 11 is 0. The number of rotatable bonds is 6. The number of anilines is 1. The molecule has 2 aromatic rings. The van der Waals surface area contributed by atoms with E-state index in [0.717, 1.165) is 43.4 Å². The number of hydrogen-bond acceptors (Lipinski definition) is 4. The molecule has 0 unspecified atom stereocenters. The van der Waals surface area contributed by atoms with Crippen LogP contribution in [0.4, 0.5) is 5.82 Å². The van der Waals surface area contributed by atoms with Crippen LogP contribution in [-0.2, 0) is 11.3 Å². The molecule has 1 saturated heterocycles. The zero-order valence-electron chi connectivity index (χ0n) is 14.8. The summed E-state index contributed by atoms with van der Waals surface area (Å²) in [6, 6.07) is 7.65. The third kappa shape index (κ3) is 4.00. The summed E-state index contributed by atoms with van der Waals surface area (Å²) < 4.78 is 1.71. The van der Waals surface area contributed by atoms with Crippen LogP contribution in [0.5, 0.6) is 0 Å². The summed E-state index contributed by atoms with van der Waals surface area (Å²) in [5.74, 6) is 0.501. The van der Waals surface area contributed by atoms with Gasteiger partial charge in [-0.25, -0.2) is 4.98 Å². The molecule has 3 rings (SSSR count). The Morgan fingerprint density at radius 3 is 2.72 bits per heavy atom. The number of aryl methyl sites for hydroxylation is 1. The Hall–Kier alpha value is -2.37. The molecule has 0 bridgehead atoms. The van der Waals surface area contributed by atoms with Gasteiger partial charge in [0.05, 0.1) is 11.0 Å². The lowest BCUT2D eigenvalue weighted by molar-refractivity contribution is -0.121. The Kier molecular flexibility index (Phi) is 5.68. The van der Waals surface area contributed by atoms with Crippen LogP contribution in [0.1, 0.15) is 39.0 Å². The standard InChI is InChI=1S/C19H26N4O2/c1-2-11-20-17(24)10-14-23-16-9-5-4-8-15(16)21-18(19(23)25)22-12-6-3-7-13-22/h4-5,8-9H,2-3,6-7,10-14H2,1H3,(H,20,24). The van der Waals surface area contributed by atoms with Crippen LogP contribution in [0.15, 0.2) is 29.1 Å². The molecular formula is C19H26N4O2. The highest BCUT2D eigenvalue weighted by Crippen LogP contribution is 2.18. The number of fused-ring (bicyclic) bond motifs is 1. The topological polar surface area (TPSA) is 67.2 Å². The summed E-state index contributed by atoms with van der Waals surface area (Å²) in [7, 11) is 0. The highest BCUT2D eigenvalue weighted by atomic mass is 16.2. The Bertz CT molecular complexity index is 794. The molecule has 25 heavy (non-hydrogen) atoms. The Morgan fingerprint density at radius 2 is 1.96 bits per heavy atom. The van der Waals surface area contributed by atoms with Gasteiger partial charge >= 0.3 is 0 Å². The zero-order chi connectivity index (χ0) is 17.6. The van der Waals surface area contributed by atoms with Crippen LogP contribution in [0, 0.1) is 0 Å². The van der Waals surface area contributed by atoms with Gasteiger partial charge in [-0.1, -0.05) is 19.1 Å². The first-order valence-electron chi connectivity index (χ1n) is 9.22. The molecule has 1 aliphatic heterocycles. The van der Waals surface area contributed by atoms with E-state index < -0.39 is 0 Å². The minimum Gasteiger partial charge on any atom is -0.356 e. The van der Waals surface area contributed by atoms with E-state index in [-0.39, 0.29) is 11.5 Å². The lowest BCUT2D eigenvalue weighted by Gasteiger charge is -2.27. The largest absolute Gasteiger partial charge is 0.356 e. The van der Waals surface area contributed by atoms with E-state index in [9.17, 15) is 9.59 Å². The molecule has 6 heteroatoms. The second-order valence-electron chi connectivity index (χ2n) is 6.53. The molecule has 0 radical (unpaired) electrons. The first-order valence-corrected chi connectivity index (χ1v) is 9.22. The van der Waals surface area contributed by atoms with E-state index in [1.807, 2.05) is 31.2 Å². The number of amides is 1. The third-order valence-electron chi connectivity index (χ3n) is 4.63. The minimum atomic E-state index is -0.0936. The van der Waals surface area contributed by atoms with Crippen molar-refractivity contribution in [1.82, 2.24) is 14.9 Å². The summed E-state index contributed by atoms with van der Waals surface area (Å²) in [4.78, 5) is 31.7. The smallest absolute Gasteiger partial charge is 0.294 e. The highest BCUT2D eigenvalue weighted by Gasteiger charge is 2.19. The molecule has 134 valence electrons. The monoisotopic (exact) mass is 342 g/mol. The van der Waals surface area contributed by atoms with Gasteiger partial charge in [-0.2, -0.15) is 0 Å². The van der Waals surface area contributed by atoms with E-state index in [0.29, 0.717) is 25.3 Å². The molecule has 1 aliphatic rings. The first kappa shape index (κ1) is 17.5. The summed E-state index contributed by atoms with van der Waals surface area (Å²) in [6.07, 6.45) is 4.59. The fourth-order valence-corrected chi connectivity index (χ4v) is 3.28. The van der Waals surface area contributed by atoms with E-state index in [1.54, 1.807) is 4.57 Å². The maximum atomic E-state index is 13.0. The maximum Gasteiger partial charge on any atom is 0.294 e. The molecule has 0 saturated carbocycles. The number of carbonyl (C=O) groups is 1. The van der Waals surface area contributed by atoms with Crippen LogP contribution >= 0.6 is 0 Å². The Balaban J connectivity index is 1.93. The van der Waals surface area contributed by atoms with Crippen LogP contribution in [0.25, 0.3) is 11.0 Å². The summed E-state index contributed by atoms with van der Waals surface area (Å²) in [5.41, 5.74) is 1.50. The number of piperidine rings is 1. The SMILES string of the molecule is CCCNC(=O)CCn1c(=O)c(N2CCCCC2)nc2ccccc21. The number of benzene rings is 1. The van der Waals surface area contributed by atoms with Crippen LogP contribution in [0.2, 0.25) is 0 Å². The quantitative estimate of drug-likeness (QED) is 0.875. The molecule has 2 heterocycles. The van der Waals surface area contributed by atoms with Gasteiger partial charge in [-0.05, 0) is 37.8 Å². The third-order valence-corrected chi connectivity index (χ3v) is 4.63. The molecule has 6 nitrogen and oxygen atoms in total. The van der Waals surface area contributed by atoms with Gasteiger partial charge in [-0.15, -0.1) is 0 Å². The molecule has 0 atom stereocenters. The second-order valence-corrected chi connectivity index (χ2v) is 6.53. The van der Waals surface area contributed by atoms with Crippen molar-refractivity contribution in [3.8, 4) is 0 Å². The molecular weight excluding hydrogens is 316 g/mol. The van der Waals surface area contributed by atoms with Crippen molar-refractivity contribution in [2.24, 2.45) is 0 Å². The lowest BCUT2D eigenvalue weighted by atomic mass is 10.1. The van der Waals surface area contributed by atoms with Gasteiger partial charge in [0, 0.05) is 32.6 Å². The van der Waals surface area contributed by atoms with Gasteiger partial charge in [0.25, 0.3) is 5.56 Å². The van der Waals surface area contributed by atoms with E-state index in [2.05, 4.69) is 15.2 Å². The van der Waals surface area contributed by atoms with E-state index in [1.165, 1.54) is 6.42 Å². The van der Waals surface area contributed by atoms with Crippen molar-refractivity contribution in [3.63, 3.8) is 0 Å². The van der Waals surface area contributed by atoms with Crippen LogP contribution in [0.3, 0.4) is 0 Å². The Labute approximate surface area is 147 Å². The molecule has 1 amide bonds. The second kappa shape index (κ2) is 8.14. The lowest BCUT2D eigenvalue weighted by Crippen LogP contribution is -2.37. The number of aromatic nitrogens is 2. The fourth-order valence-electron chi connectivity index (χ4n) is 3.28. The summed E-state index contributed by atoms with van der Waals surface area (Å²) in [5, 5.41) is 2.87. The predicted octanol–water partition coefficient (Wildman–Crippen LogP) is 2.30. The van der Waals surface area contributed by atoms with Gasteiger partial charge in [-0.3, -0.25) is 9.59 Å². The fraction of sp³-hybridized carbons (Fsp3) is 0.526. The number of hydrogen-bond donors (Lipinski definition) is 1. The van der Waals surface area contributed by atoms with Crippen molar-refractivity contribution in [3.05, 3.63) is 34.6 Å². The normalized spacial score (nSPS) is 14.7. The van der Waals surface area contributed by atoms with Crippen molar-refractivity contribution in [2.75, 3.05) is 24.5 Å². The van der Waals surface area contributed by atoms with Crippen molar-refractivity contribution in [2.45, 2.75) is 45.6 Å². The molecule has 1 N–H and O–H groups in total. The van der Waals surface area contributed by atoms with Gasteiger partial charge < -0.3 is 14.8 Å². The first-order chi connectivity index (χ1) is 12.2. The number of nitrogens with zero attached hydrogens (tertiary/aromatic N) is 3. The van der Waals surface area contributed by atoms with E-state index >= 15 is 0 Å². The van der Waals surface area contributed by atoms with Crippen molar-refractivity contribution < 1.29 is 4.79 Å². The molecule has 1 fully saturated rings. The number of carbonyl (C=O) groups excluding carboxylic acids is 1. The van der Waals surface area contributed by atoms with E-state index in [4.69, 9.17) is 0 Å². The van der Waals surface area contributed by atoms with Gasteiger partial charge in [0.1, 0.15) is 0 Å². The average Bonchev–Trinajstić information content (AvgIpc) is 2.66. The van der Waals surface area contributed by atoms with Crippen molar-refractivity contribution in [1.29, 1.82) is 0 Å². The molecule has 1 aromatic carbocycles. The Morgan fingerprint density at radius 1 is 1.20 bits per heavy atom. The molecule has 1 aromatic heterocycles. The van der Waals surface area contributed by atoms with Crippen LogP contribution in [-0.4, -0.2) is 35.1 Å². The van der Waals surface area contributed by atoms with Gasteiger partial charge in [0.15, 0.2) is 5.82 Å². The average molecular weight is 342 g/mol. The minimum absolute atomic E-state index is 0.0193. The van der Waals surface area contributed by atoms with Crippen molar-refractivity contribution >= 4 is 22.8 Å². The highest BCUT2D eigenvalue weighted by molar-refractivity contribution is 5.78. The number of para-hydroxylation sites is 2. The molecule has 0 spiro atoms. The molecule has 0 aliphatic carbocycles. The predicted molar refractivity (Wildman–Crippen MR) is 100.0 cm³/mol. The maximum absolute atomic E-state index is 13.0. The van der Waals surface area contributed by atoms with Crippen LogP contribution < -0.4 is 15.8 Å². The van der Waals surface area contributed by atoms with Gasteiger partial charge in [0.2, 0.25) is 5.91 Å². The number of nitrogens with one attached hydrogen (secondary N) is 1.